The van der Waals surface area contributed by atoms with E-state index in [1.165, 1.54) is 6.07 Å². The summed E-state index contributed by atoms with van der Waals surface area (Å²) in [6.45, 7) is 4.51. The number of nitro benzene ring substituents is 1. The molecule has 1 fully saturated rings. The molecule has 0 radical (unpaired) electrons. The molecule has 1 aromatic heterocycles. The molecule has 1 aliphatic rings. The fraction of sp³-hybridized carbons (Fsp3) is 0.438. The maximum absolute atomic E-state index is 12.7. The van der Waals surface area contributed by atoms with Gasteiger partial charge >= 0.3 is 0 Å². The normalized spacial score (nSPS) is 15.5. The molecule has 1 aliphatic heterocycles. The summed E-state index contributed by atoms with van der Waals surface area (Å²) in [7, 11) is 0. The number of hydrogen-bond donors (Lipinski definition) is 0. The summed E-state index contributed by atoms with van der Waals surface area (Å²) >= 11 is 0. The van der Waals surface area contributed by atoms with Gasteiger partial charge in [-0.05, 0) is 32.8 Å². The molecule has 0 unspecified atom stereocenters. The number of carbonyl (C=O) groups excluding carboxylic acids is 1. The van der Waals surface area contributed by atoms with Crippen molar-refractivity contribution in [1.29, 1.82) is 0 Å². The highest BCUT2D eigenvalue weighted by Gasteiger charge is 2.29. The lowest BCUT2D eigenvalue weighted by atomic mass is 9.95. The van der Waals surface area contributed by atoms with Crippen molar-refractivity contribution in [2.75, 3.05) is 13.1 Å². The van der Waals surface area contributed by atoms with Crippen molar-refractivity contribution in [3.63, 3.8) is 0 Å². The number of amides is 1. The molecule has 0 saturated carbocycles. The molecule has 8 heteroatoms. The molecule has 1 saturated heterocycles. The number of hydrogen-bond acceptors (Lipinski definition) is 6. The smallest absolute Gasteiger partial charge is 0.273 e. The van der Waals surface area contributed by atoms with Crippen molar-refractivity contribution < 1.29 is 14.2 Å². The van der Waals surface area contributed by atoms with Gasteiger partial charge in [-0.1, -0.05) is 11.2 Å². The summed E-state index contributed by atoms with van der Waals surface area (Å²) in [4.78, 5) is 29.2. The van der Waals surface area contributed by atoms with Crippen molar-refractivity contribution in [3.05, 3.63) is 51.2 Å². The van der Waals surface area contributed by atoms with Gasteiger partial charge in [-0.15, -0.1) is 0 Å². The summed E-state index contributed by atoms with van der Waals surface area (Å²) in [5.74, 6) is 1.21. The first-order chi connectivity index (χ1) is 11.5. The fourth-order valence-electron chi connectivity index (χ4n) is 3.03. The first-order valence-corrected chi connectivity index (χ1v) is 7.81. The van der Waals surface area contributed by atoms with Crippen LogP contribution in [0.25, 0.3) is 0 Å². The van der Waals surface area contributed by atoms with E-state index in [-0.39, 0.29) is 17.5 Å². The summed E-state index contributed by atoms with van der Waals surface area (Å²) in [5.41, 5.74) is 0.760. The van der Waals surface area contributed by atoms with Gasteiger partial charge in [-0.25, -0.2) is 0 Å². The van der Waals surface area contributed by atoms with Crippen LogP contribution in [0.4, 0.5) is 5.69 Å². The first kappa shape index (κ1) is 16.1. The third kappa shape index (κ3) is 2.99. The van der Waals surface area contributed by atoms with Crippen LogP contribution in [0.2, 0.25) is 0 Å². The summed E-state index contributed by atoms with van der Waals surface area (Å²) in [6.07, 6.45) is 1.47. The lowest BCUT2D eigenvalue weighted by molar-refractivity contribution is -0.385. The van der Waals surface area contributed by atoms with Crippen LogP contribution < -0.4 is 0 Å². The minimum absolute atomic E-state index is 0.0305. The summed E-state index contributed by atoms with van der Waals surface area (Å²) in [5, 5.41) is 14.8. The molecule has 0 N–H and O–H groups in total. The zero-order chi connectivity index (χ0) is 17.3. The van der Waals surface area contributed by atoms with E-state index in [0.29, 0.717) is 35.9 Å². The average Bonchev–Trinajstić information content (AvgIpc) is 3.01. The van der Waals surface area contributed by atoms with Crippen LogP contribution in [0.15, 0.2) is 22.7 Å². The summed E-state index contributed by atoms with van der Waals surface area (Å²) in [6, 6.07) is 4.60. The van der Waals surface area contributed by atoms with E-state index in [0.717, 1.165) is 12.8 Å². The molecule has 0 atom stereocenters. The van der Waals surface area contributed by atoms with Crippen LogP contribution in [-0.4, -0.2) is 39.0 Å². The number of aromatic nitrogens is 2. The maximum Gasteiger partial charge on any atom is 0.273 e. The molecule has 24 heavy (non-hydrogen) atoms. The Balaban J connectivity index is 1.72. The van der Waals surface area contributed by atoms with Gasteiger partial charge < -0.3 is 9.42 Å². The Morgan fingerprint density at radius 3 is 2.62 bits per heavy atom. The lowest BCUT2D eigenvalue weighted by Gasteiger charge is -2.30. The third-order valence-electron chi connectivity index (χ3n) is 4.41. The number of piperidine rings is 1. The van der Waals surface area contributed by atoms with Gasteiger partial charge in [-0.3, -0.25) is 14.9 Å². The zero-order valence-electron chi connectivity index (χ0n) is 13.6. The van der Waals surface area contributed by atoms with Crippen molar-refractivity contribution in [1.82, 2.24) is 15.0 Å². The topological polar surface area (TPSA) is 102 Å². The SMILES string of the molecule is Cc1noc(C2CCN(C(=O)c3cccc([N+](=O)[O-])c3C)CC2)n1. The van der Waals surface area contributed by atoms with Crippen LogP contribution in [0.3, 0.4) is 0 Å². The molecule has 126 valence electrons. The van der Waals surface area contributed by atoms with Crippen molar-refractivity contribution >= 4 is 11.6 Å². The van der Waals surface area contributed by atoms with E-state index in [4.69, 9.17) is 4.52 Å². The molecule has 1 aromatic carbocycles. The van der Waals surface area contributed by atoms with Gasteiger partial charge in [0.05, 0.1) is 4.92 Å². The van der Waals surface area contributed by atoms with Crippen molar-refractivity contribution in [3.8, 4) is 0 Å². The molecule has 1 amide bonds. The van der Waals surface area contributed by atoms with Crippen LogP contribution in [0.1, 0.15) is 46.4 Å². The Labute approximate surface area is 138 Å². The predicted molar refractivity (Wildman–Crippen MR) is 84.7 cm³/mol. The van der Waals surface area contributed by atoms with Crippen LogP contribution in [-0.2, 0) is 0 Å². The quantitative estimate of drug-likeness (QED) is 0.633. The maximum atomic E-state index is 12.7. The number of nitrogens with zero attached hydrogens (tertiary/aromatic N) is 4. The Morgan fingerprint density at radius 2 is 2.04 bits per heavy atom. The van der Waals surface area contributed by atoms with E-state index in [1.807, 2.05) is 0 Å². The van der Waals surface area contributed by atoms with Gasteiger partial charge in [0.1, 0.15) is 0 Å². The fourth-order valence-corrected chi connectivity index (χ4v) is 3.03. The highest BCUT2D eigenvalue weighted by molar-refractivity contribution is 5.96. The second-order valence-corrected chi connectivity index (χ2v) is 5.95. The van der Waals surface area contributed by atoms with Gasteiger partial charge in [0.25, 0.3) is 11.6 Å². The molecule has 0 bridgehead atoms. The van der Waals surface area contributed by atoms with E-state index in [9.17, 15) is 14.9 Å². The zero-order valence-corrected chi connectivity index (χ0v) is 13.6. The monoisotopic (exact) mass is 330 g/mol. The molecule has 2 aromatic rings. The predicted octanol–water partition coefficient (Wildman–Crippen LogP) is 2.61. The van der Waals surface area contributed by atoms with Crippen LogP contribution >= 0.6 is 0 Å². The number of aryl methyl sites for hydroxylation is 1. The van der Waals surface area contributed by atoms with Gasteiger partial charge in [0.2, 0.25) is 5.89 Å². The number of likely N-dealkylation sites (tertiary alicyclic amines) is 1. The first-order valence-electron chi connectivity index (χ1n) is 7.81. The summed E-state index contributed by atoms with van der Waals surface area (Å²) < 4.78 is 5.21. The second kappa shape index (κ2) is 6.38. The minimum Gasteiger partial charge on any atom is -0.339 e. The molecular weight excluding hydrogens is 312 g/mol. The van der Waals surface area contributed by atoms with Gasteiger partial charge in [0.15, 0.2) is 5.82 Å². The third-order valence-corrected chi connectivity index (χ3v) is 4.41. The van der Waals surface area contributed by atoms with E-state index >= 15 is 0 Å². The Bertz CT molecular complexity index is 778. The average molecular weight is 330 g/mol. The number of nitro groups is 1. The van der Waals surface area contributed by atoms with Gasteiger partial charge in [-0.2, -0.15) is 4.98 Å². The Kier molecular flexibility index (Phi) is 4.28. The number of rotatable bonds is 3. The largest absolute Gasteiger partial charge is 0.339 e. The lowest BCUT2D eigenvalue weighted by Crippen LogP contribution is -2.38. The Morgan fingerprint density at radius 1 is 1.33 bits per heavy atom. The molecule has 0 spiro atoms. The Hall–Kier alpha value is -2.77. The molecule has 3 rings (SSSR count). The highest BCUT2D eigenvalue weighted by Crippen LogP contribution is 2.29. The van der Waals surface area contributed by atoms with Crippen LogP contribution in [0, 0.1) is 24.0 Å². The molecule has 2 heterocycles. The number of benzene rings is 1. The molecular formula is C16H18N4O4. The minimum atomic E-state index is -0.462. The highest BCUT2D eigenvalue weighted by atomic mass is 16.6. The second-order valence-electron chi connectivity index (χ2n) is 5.95. The van der Waals surface area contributed by atoms with Gasteiger partial charge in [0, 0.05) is 36.2 Å². The van der Waals surface area contributed by atoms with E-state index in [2.05, 4.69) is 10.1 Å². The van der Waals surface area contributed by atoms with Crippen LogP contribution in [0.5, 0.6) is 0 Å². The standard InChI is InChI=1S/C16H18N4O4/c1-10-13(4-3-5-14(10)20(22)23)16(21)19-8-6-12(7-9-19)15-17-11(2)18-24-15/h3-5,12H,6-9H2,1-2H3. The molecule has 8 nitrogen and oxygen atoms in total. The van der Waals surface area contributed by atoms with E-state index < -0.39 is 4.92 Å². The van der Waals surface area contributed by atoms with E-state index in [1.54, 1.807) is 30.9 Å². The number of carbonyl (C=O) groups is 1. The van der Waals surface area contributed by atoms with Crippen molar-refractivity contribution in [2.24, 2.45) is 0 Å². The van der Waals surface area contributed by atoms with Crippen molar-refractivity contribution in [2.45, 2.75) is 32.6 Å². The molecule has 0 aliphatic carbocycles.